The molecule has 3 atom stereocenters. The molecule has 1 aromatic carbocycles. The van der Waals surface area contributed by atoms with Gasteiger partial charge in [-0.15, -0.1) is 0 Å². The van der Waals surface area contributed by atoms with Crippen LogP contribution in [-0.4, -0.2) is 12.6 Å². The molecule has 1 fully saturated rings. The highest BCUT2D eigenvalue weighted by Crippen LogP contribution is 2.32. The summed E-state index contributed by atoms with van der Waals surface area (Å²) in [6.07, 6.45) is 3.97. The molecule has 3 unspecified atom stereocenters. The minimum absolute atomic E-state index is 0.618. The second-order valence-corrected chi connectivity index (χ2v) is 6.06. The average molecular weight is 261 g/mol. The predicted octanol–water partition coefficient (Wildman–Crippen LogP) is 4.63. The number of hydrogen-bond donors (Lipinski definition) is 1. The van der Waals surface area contributed by atoms with Gasteiger partial charge in [0.15, 0.2) is 0 Å². The molecule has 2 heteroatoms. The van der Waals surface area contributed by atoms with Crippen LogP contribution in [0.25, 0.3) is 0 Å². The normalized spacial score (nSPS) is 27.1. The fourth-order valence-corrected chi connectivity index (χ4v) is 3.13. The lowest BCUT2D eigenvalue weighted by molar-refractivity contribution is 0.276. The van der Waals surface area contributed by atoms with Crippen LogP contribution in [0.15, 0.2) is 18.2 Å². The van der Waals surface area contributed by atoms with Crippen molar-refractivity contribution in [3.05, 3.63) is 23.8 Å². The van der Waals surface area contributed by atoms with E-state index < -0.39 is 0 Å². The Kier molecular flexibility index (Phi) is 4.73. The highest BCUT2D eigenvalue weighted by molar-refractivity contribution is 5.54. The van der Waals surface area contributed by atoms with Crippen molar-refractivity contribution < 1.29 is 4.74 Å². The molecule has 0 heterocycles. The molecule has 1 aliphatic carbocycles. The van der Waals surface area contributed by atoms with Gasteiger partial charge in [0.05, 0.1) is 6.61 Å². The molecule has 1 N–H and O–H groups in total. The summed E-state index contributed by atoms with van der Waals surface area (Å²) in [4.78, 5) is 0. The first-order chi connectivity index (χ1) is 9.10. The van der Waals surface area contributed by atoms with Crippen molar-refractivity contribution in [2.45, 2.75) is 53.0 Å². The van der Waals surface area contributed by atoms with E-state index in [1.165, 1.54) is 30.5 Å². The maximum Gasteiger partial charge on any atom is 0.119 e. The van der Waals surface area contributed by atoms with Crippen LogP contribution in [0.3, 0.4) is 0 Å². The van der Waals surface area contributed by atoms with Gasteiger partial charge in [-0.1, -0.05) is 13.8 Å². The smallest absolute Gasteiger partial charge is 0.119 e. The van der Waals surface area contributed by atoms with E-state index in [0.29, 0.717) is 6.04 Å². The first kappa shape index (κ1) is 14.2. The summed E-state index contributed by atoms with van der Waals surface area (Å²) in [5.74, 6) is 2.61. The summed E-state index contributed by atoms with van der Waals surface area (Å²) in [5, 5.41) is 3.73. The number of ether oxygens (including phenoxy) is 1. The van der Waals surface area contributed by atoms with Gasteiger partial charge in [-0.25, -0.2) is 0 Å². The van der Waals surface area contributed by atoms with Crippen molar-refractivity contribution in [2.75, 3.05) is 11.9 Å². The number of anilines is 1. The molecule has 2 rings (SSSR count). The molecule has 0 saturated heterocycles. The Morgan fingerprint density at radius 1 is 1.26 bits per heavy atom. The molecule has 1 saturated carbocycles. The third-order valence-corrected chi connectivity index (χ3v) is 4.28. The van der Waals surface area contributed by atoms with Gasteiger partial charge in [0.2, 0.25) is 0 Å². The largest absolute Gasteiger partial charge is 0.494 e. The number of hydrogen-bond acceptors (Lipinski definition) is 2. The molecule has 1 aromatic rings. The number of rotatable bonds is 4. The molecular weight excluding hydrogens is 234 g/mol. The molecule has 0 aromatic heterocycles. The van der Waals surface area contributed by atoms with E-state index in [1.807, 2.05) is 6.92 Å². The molecule has 0 amide bonds. The second-order valence-electron chi connectivity index (χ2n) is 6.06. The lowest BCUT2D eigenvalue weighted by Gasteiger charge is -2.34. The van der Waals surface area contributed by atoms with Gasteiger partial charge in [-0.2, -0.15) is 0 Å². The van der Waals surface area contributed by atoms with Gasteiger partial charge in [0, 0.05) is 11.7 Å². The van der Waals surface area contributed by atoms with E-state index in [0.717, 1.165) is 24.2 Å². The van der Waals surface area contributed by atoms with Crippen molar-refractivity contribution in [3.63, 3.8) is 0 Å². The monoisotopic (exact) mass is 261 g/mol. The summed E-state index contributed by atoms with van der Waals surface area (Å²) in [7, 11) is 0. The molecule has 0 bridgehead atoms. The molecular formula is C17H27NO. The maximum atomic E-state index is 5.54. The summed E-state index contributed by atoms with van der Waals surface area (Å²) in [6, 6.07) is 6.97. The van der Waals surface area contributed by atoms with Gasteiger partial charge < -0.3 is 10.1 Å². The zero-order valence-corrected chi connectivity index (χ0v) is 12.7. The van der Waals surface area contributed by atoms with Gasteiger partial charge in [-0.3, -0.25) is 0 Å². The Balaban J connectivity index is 2.02. The quantitative estimate of drug-likeness (QED) is 0.853. The minimum atomic E-state index is 0.618. The summed E-state index contributed by atoms with van der Waals surface area (Å²) in [5.41, 5.74) is 2.53. The van der Waals surface area contributed by atoms with Crippen LogP contribution >= 0.6 is 0 Å². The third kappa shape index (κ3) is 3.65. The van der Waals surface area contributed by atoms with Crippen LogP contribution in [0.4, 0.5) is 5.69 Å². The Morgan fingerprint density at radius 3 is 2.68 bits per heavy atom. The SMILES string of the molecule is CCOc1ccc(NC2CCC(C)CC2C)c(C)c1. The standard InChI is InChI=1S/C17H27NO/c1-5-19-15-7-9-17(14(4)11-15)18-16-8-6-12(2)10-13(16)3/h7,9,11-13,16,18H,5-6,8,10H2,1-4H3. The van der Waals surface area contributed by atoms with Crippen molar-refractivity contribution in [2.24, 2.45) is 11.8 Å². The Morgan fingerprint density at radius 2 is 2.05 bits per heavy atom. The fraction of sp³-hybridized carbons (Fsp3) is 0.647. The minimum Gasteiger partial charge on any atom is -0.494 e. The van der Waals surface area contributed by atoms with Crippen LogP contribution in [0.1, 0.15) is 45.6 Å². The molecule has 1 aliphatic rings. The highest BCUT2D eigenvalue weighted by Gasteiger charge is 2.25. The Labute approximate surface area is 117 Å². The molecule has 0 radical (unpaired) electrons. The lowest BCUT2D eigenvalue weighted by Crippen LogP contribution is -2.33. The van der Waals surface area contributed by atoms with E-state index in [9.17, 15) is 0 Å². The zero-order chi connectivity index (χ0) is 13.8. The molecule has 19 heavy (non-hydrogen) atoms. The third-order valence-electron chi connectivity index (χ3n) is 4.28. The number of nitrogens with one attached hydrogen (secondary N) is 1. The highest BCUT2D eigenvalue weighted by atomic mass is 16.5. The van der Waals surface area contributed by atoms with E-state index in [4.69, 9.17) is 4.74 Å². The van der Waals surface area contributed by atoms with Gasteiger partial charge in [-0.05, 0) is 68.7 Å². The van der Waals surface area contributed by atoms with Gasteiger partial charge in [0.25, 0.3) is 0 Å². The summed E-state index contributed by atoms with van der Waals surface area (Å²) >= 11 is 0. The summed E-state index contributed by atoms with van der Waals surface area (Å²) in [6.45, 7) is 9.64. The van der Waals surface area contributed by atoms with Crippen LogP contribution in [0, 0.1) is 18.8 Å². The molecule has 106 valence electrons. The van der Waals surface area contributed by atoms with E-state index in [-0.39, 0.29) is 0 Å². The summed E-state index contributed by atoms with van der Waals surface area (Å²) < 4.78 is 5.54. The Hall–Kier alpha value is -1.18. The zero-order valence-electron chi connectivity index (χ0n) is 12.7. The van der Waals surface area contributed by atoms with Crippen molar-refractivity contribution in [1.82, 2.24) is 0 Å². The first-order valence-electron chi connectivity index (χ1n) is 7.60. The first-order valence-corrected chi connectivity index (χ1v) is 7.60. The van der Waals surface area contributed by atoms with Gasteiger partial charge >= 0.3 is 0 Å². The van der Waals surface area contributed by atoms with E-state index in [1.54, 1.807) is 0 Å². The predicted molar refractivity (Wildman–Crippen MR) is 81.9 cm³/mol. The van der Waals surface area contributed by atoms with Crippen LogP contribution in [0.5, 0.6) is 5.75 Å². The molecule has 2 nitrogen and oxygen atoms in total. The van der Waals surface area contributed by atoms with E-state index >= 15 is 0 Å². The fourth-order valence-electron chi connectivity index (χ4n) is 3.13. The van der Waals surface area contributed by atoms with Crippen LogP contribution in [-0.2, 0) is 0 Å². The van der Waals surface area contributed by atoms with Crippen molar-refractivity contribution >= 4 is 5.69 Å². The van der Waals surface area contributed by atoms with Crippen LogP contribution < -0.4 is 10.1 Å². The Bertz CT molecular complexity index is 416. The maximum absolute atomic E-state index is 5.54. The van der Waals surface area contributed by atoms with Crippen LogP contribution in [0.2, 0.25) is 0 Å². The number of benzene rings is 1. The van der Waals surface area contributed by atoms with Crippen molar-refractivity contribution in [3.8, 4) is 5.75 Å². The van der Waals surface area contributed by atoms with Crippen molar-refractivity contribution in [1.29, 1.82) is 0 Å². The average Bonchev–Trinajstić information content (AvgIpc) is 2.36. The lowest BCUT2D eigenvalue weighted by atomic mass is 9.80. The second kappa shape index (κ2) is 6.31. The topological polar surface area (TPSA) is 21.3 Å². The molecule has 0 spiro atoms. The van der Waals surface area contributed by atoms with E-state index in [2.05, 4.69) is 44.3 Å². The van der Waals surface area contributed by atoms with Gasteiger partial charge in [0.1, 0.15) is 5.75 Å². The molecule has 0 aliphatic heterocycles. The number of aryl methyl sites for hydroxylation is 1.